The molecule has 3 aromatic heterocycles. The van der Waals surface area contributed by atoms with Crippen molar-refractivity contribution in [3.63, 3.8) is 0 Å². The Hall–Kier alpha value is -2.97. The van der Waals surface area contributed by atoms with E-state index in [4.69, 9.17) is 0 Å². The minimum absolute atomic E-state index is 0.137. The van der Waals surface area contributed by atoms with E-state index in [-0.39, 0.29) is 6.04 Å². The number of rotatable bonds is 3. The topological polar surface area (TPSA) is 59.7 Å². The van der Waals surface area contributed by atoms with Crippen molar-refractivity contribution in [2.24, 2.45) is 0 Å². The zero-order valence-electron chi connectivity index (χ0n) is 15.3. The molecule has 0 spiro atoms. The lowest BCUT2D eigenvalue weighted by atomic mass is 10.1. The van der Waals surface area contributed by atoms with Gasteiger partial charge < -0.3 is 4.90 Å². The molecule has 1 fully saturated rings. The number of aryl methyl sites for hydroxylation is 1. The fourth-order valence-corrected chi connectivity index (χ4v) is 3.41. The highest BCUT2D eigenvalue weighted by Gasteiger charge is 2.34. The summed E-state index contributed by atoms with van der Waals surface area (Å²) in [5.41, 5.74) is 0.786. The molecule has 0 radical (unpaired) electrons. The second-order valence-electron chi connectivity index (χ2n) is 6.85. The summed E-state index contributed by atoms with van der Waals surface area (Å²) in [4.78, 5) is 15.3. The maximum absolute atomic E-state index is 12.9. The van der Waals surface area contributed by atoms with Gasteiger partial charge in [-0.1, -0.05) is 0 Å². The van der Waals surface area contributed by atoms with Crippen molar-refractivity contribution in [2.45, 2.75) is 32.0 Å². The molecule has 146 valence electrons. The van der Waals surface area contributed by atoms with Crippen LogP contribution in [0, 0.1) is 6.92 Å². The molecule has 0 N–H and O–H groups in total. The monoisotopic (exact) mass is 388 g/mol. The van der Waals surface area contributed by atoms with E-state index >= 15 is 0 Å². The number of nitrogens with zero attached hydrogens (tertiary/aromatic N) is 6. The number of halogens is 3. The third-order valence-electron chi connectivity index (χ3n) is 4.75. The van der Waals surface area contributed by atoms with Crippen molar-refractivity contribution < 1.29 is 13.2 Å². The van der Waals surface area contributed by atoms with E-state index in [1.165, 1.54) is 10.9 Å². The average Bonchev–Trinajstić information content (AvgIpc) is 3.19. The van der Waals surface area contributed by atoms with Crippen LogP contribution in [-0.2, 0) is 6.18 Å². The Morgan fingerprint density at radius 3 is 2.75 bits per heavy atom. The summed E-state index contributed by atoms with van der Waals surface area (Å²) in [5.74, 6) is 1.35. The third-order valence-corrected chi connectivity index (χ3v) is 4.75. The number of alkyl halides is 3. The molecule has 6 nitrogen and oxygen atoms in total. The zero-order chi connectivity index (χ0) is 19.7. The second-order valence-corrected chi connectivity index (χ2v) is 6.85. The maximum Gasteiger partial charge on any atom is 0.435 e. The van der Waals surface area contributed by atoms with Gasteiger partial charge in [0, 0.05) is 49.0 Å². The van der Waals surface area contributed by atoms with E-state index in [1.807, 2.05) is 25.1 Å². The van der Waals surface area contributed by atoms with Gasteiger partial charge in [-0.2, -0.15) is 18.3 Å². The fraction of sp³-hybridized carbons (Fsp3) is 0.368. The van der Waals surface area contributed by atoms with Gasteiger partial charge in [-0.15, -0.1) is 0 Å². The van der Waals surface area contributed by atoms with Crippen LogP contribution in [0.25, 0.3) is 11.4 Å². The summed E-state index contributed by atoms with van der Waals surface area (Å²) in [6, 6.07) is 6.50. The van der Waals surface area contributed by atoms with E-state index < -0.39 is 11.9 Å². The minimum Gasteiger partial charge on any atom is -0.354 e. The molecule has 4 rings (SSSR count). The first-order valence-electron chi connectivity index (χ1n) is 9.03. The number of hydrogen-bond acceptors (Lipinski definition) is 5. The lowest BCUT2D eigenvalue weighted by Crippen LogP contribution is -2.37. The normalized spacial score (nSPS) is 17.7. The molecule has 0 aliphatic carbocycles. The molecule has 0 aromatic carbocycles. The van der Waals surface area contributed by atoms with Crippen LogP contribution in [-0.4, -0.2) is 37.8 Å². The molecule has 4 heterocycles. The molecular weight excluding hydrogens is 369 g/mol. The van der Waals surface area contributed by atoms with Gasteiger partial charge >= 0.3 is 6.18 Å². The Labute approximate surface area is 160 Å². The van der Waals surface area contributed by atoms with Crippen molar-refractivity contribution in [3.05, 3.63) is 54.2 Å². The summed E-state index contributed by atoms with van der Waals surface area (Å²) in [5, 5.41) is 3.74. The minimum atomic E-state index is -4.43. The van der Waals surface area contributed by atoms with Crippen LogP contribution in [0.15, 0.2) is 42.9 Å². The van der Waals surface area contributed by atoms with E-state index in [0.717, 1.165) is 42.5 Å². The molecule has 1 aliphatic rings. The number of pyridine rings is 1. The van der Waals surface area contributed by atoms with Crippen LogP contribution in [0.3, 0.4) is 0 Å². The van der Waals surface area contributed by atoms with Crippen LogP contribution in [0.5, 0.6) is 0 Å². The van der Waals surface area contributed by atoms with Crippen molar-refractivity contribution in [1.29, 1.82) is 0 Å². The van der Waals surface area contributed by atoms with Gasteiger partial charge in [-0.25, -0.2) is 9.97 Å². The van der Waals surface area contributed by atoms with Gasteiger partial charge in [-0.05, 0) is 38.0 Å². The van der Waals surface area contributed by atoms with Crippen molar-refractivity contribution in [2.75, 3.05) is 18.0 Å². The smallest absolute Gasteiger partial charge is 0.354 e. The standard InChI is InChI=1S/C19H19F3N6/c1-13-10-17(25-18(24-13)14-4-2-7-23-11-14)27-8-3-5-15(12-27)28-9-6-16(26-28)19(20,21)22/h2,4,6-7,9-11,15H,3,5,8,12H2,1H3. The predicted molar refractivity (Wildman–Crippen MR) is 97.7 cm³/mol. The van der Waals surface area contributed by atoms with Crippen molar-refractivity contribution in [3.8, 4) is 11.4 Å². The summed E-state index contributed by atoms with van der Waals surface area (Å²) < 4.78 is 40.0. The number of aromatic nitrogens is 5. The highest BCUT2D eigenvalue weighted by atomic mass is 19.4. The predicted octanol–water partition coefficient (Wildman–Crippen LogP) is 3.90. The van der Waals surface area contributed by atoms with Crippen molar-refractivity contribution >= 4 is 5.82 Å². The van der Waals surface area contributed by atoms with Crippen molar-refractivity contribution in [1.82, 2.24) is 24.7 Å². The zero-order valence-corrected chi connectivity index (χ0v) is 15.3. The molecule has 1 aliphatic heterocycles. The highest BCUT2D eigenvalue weighted by molar-refractivity contribution is 5.56. The molecule has 0 amide bonds. The number of anilines is 1. The summed E-state index contributed by atoms with van der Waals surface area (Å²) in [6.07, 6.45) is 1.99. The summed E-state index contributed by atoms with van der Waals surface area (Å²) >= 11 is 0. The van der Waals surface area contributed by atoms with E-state index in [9.17, 15) is 13.2 Å². The SMILES string of the molecule is Cc1cc(N2CCCC(n3ccc(C(F)(F)F)n3)C2)nc(-c2cccnc2)n1. The van der Waals surface area contributed by atoms with E-state index in [2.05, 4.69) is 25.0 Å². The van der Waals surface area contributed by atoms with Gasteiger partial charge in [0.05, 0.1) is 6.04 Å². The van der Waals surface area contributed by atoms with Gasteiger partial charge in [0.2, 0.25) is 0 Å². The average molecular weight is 388 g/mol. The molecule has 28 heavy (non-hydrogen) atoms. The molecule has 1 saturated heterocycles. The Bertz CT molecular complexity index is 954. The van der Waals surface area contributed by atoms with Crippen LogP contribution in [0.4, 0.5) is 19.0 Å². The highest BCUT2D eigenvalue weighted by Crippen LogP contribution is 2.30. The molecular formula is C19H19F3N6. The van der Waals surface area contributed by atoms with E-state index in [0.29, 0.717) is 12.4 Å². The van der Waals surface area contributed by atoms with Crippen LogP contribution < -0.4 is 4.90 Å². The second kappa shape index (κ2) is 7.21. The molecule has 0 saturated carbocycles. The number of piperidine rings is 1. The van der Waals surface area contributed by atoms with Gasteiger partial charge in [0.25, 0.3) is 0 Å². The van der Waals surface area contributed by atoms with Crippen LogP contribution in [0.1, 0.15) is 30.3 Å². The van der Waals surface area contributed by atoms with Crippen LogP contribution in [0.2, 0.25) is 0 Å². The summed E-state index contributed by atoms with van der Waals surface area (Å²) in [6.45, 7) is 3.23. The maximum atomic E-state index is 12.9. The quantitative estimate of drug-likeness (QED) is 0.681. The fourth-order valence-electron chi connectivity index (χ4n) is 3.41. The van der Waals surface area contributed by atoms with E-state index in [1.54, 1.807) is 12.4 Å². The largest absolute Gasteiger partial charge is 0.435 e. The molecule has 9 heteroatoms. The first-order chi connectivity index (χ1) is 13.4. The summed E-state index contributed by atoms with van der Waals surface area (Å²) in [7, 11) is 0. The van der Waals surface area contributed by atoms with Gasteiger partial charge in [0.1, 0.15) is 5.82 Å². The Kier molecular flexibility index (Phi) is 4.74. The first-order valence-corrected chi connectivity index (χ1v) is 9.03. The third kappa shape index (κ3) is 3.83. The van der Waals surface area contributed by atoms with Crippen LogP contribution >= 0.6 is 0 Å². The van der Waals surface area contributed by atoms with Gasteiger partial charge in [0.15, 0.2) is 11.5 Å². The lowest BCUT2D eigenvalue weighted by Gasteiger charge is -2.34. The molecule has 0 bridgehead atoms. The Balaban J connectivity index is 1.58. The molecule has 1 atom stereocenters. The number of hydrogen-bond donors (Lipinski definition) is 0. The van der Waals surface area contributed by atoms with Gasteiger partial charge in [-0.3, -0.25) is 9.67 Å². The Morgan fingerprint density at radius 1 is 1.18 bits per heavy atom. The molecule has 1 unspecified atom stereocenters. The first kappa shape index (κ1) is 18.4. The lowest BCUT2D eigenvalue weighted by molar-refractivity contribution is -0.141. The Morgan fingerprint density at radius 2 is 2.04 bits per heavy atom. The molecule has 3 aromatic rings.